The van der Waals surface area contributed by atoms with Crippen LogP contribution in [0.15, 0.2) is 29.1 Å². The summed E-state index contributed by atoms with van der Waals surface area (Å²) in [5.74, 6) is 1.52. The number of methoxy groups -OCH3 is 1. The third-order valence-corrected chi connectivity index (χ3v) is 5.46. The van der Waals surface area contributed by atoms with Crippen LogP contribution in [-0.2, 0) is 11.2 Å². The maximum absolute atomic E-state index is 12.2. The molecule has 1 amide bonds. The number of pyridine rings is 1. The van der Waals surface area contributed by atoms with Gasteiger partial charge in [0.05, 0.1) is 7.11 Å². The monoisotopic (exact) mass is 385 g/mol. The molecule has 1 aliphatic rings. The highest BCUT2D eigenvalue weighted by Crippen LogP contribution is 2.19. The minimum atomic E-state index is -0.135. The summed E-state index contributed by atoms with van der Waals surface area (Å²) in [4.78, 5) is 29.7. The van der Waals surface area contributed by atoms with Gasteiger partial charge in [0, 0.05) is 36.0 Å². The molecule has 1 fully saturated rings. The van der Waals surface area contributed by atoms with Crippen LogP contribution in [0.2, 0.25) is 0 Å². The van der Waals surface area contributed by atoms with Crippen molar-refractivity contribution in [2.75, 3.05) is 33.3 Å². The number of ether oxygens (including phenoxy) is 1. The second kappa shape index (κ2) is 9.73. The fourth-order valence-corrected chi connectivity index (χ4v) is 3.90. The molecule has 2 heterocycles. The Hall–Kier alpha value is -2.34. The Kier molecular flexibility index (Phi) is 7.09. The fourth-order valence-electron chi connectivity index (χ4n) is 3.90. The zero-order valence-corrected chi connectivity index (χ0v) is 16.9. The summed E-state index contributed by atoms with van der Waals surface area (Å²) in [5, 5.41) is 3.89. The normalized spacial score (nSPS) is 17.6. The number of aromatic nitrogens is 1. The van der Waals surface area contributed by atoms with Gasteiger partial charge in [-0.15, -0.1) is 0 Å². The van der Waals surface area contributed by atoms with E-state index >= 15 is 0 Å². The summed E-state index contributed by atoms with van der Waals surface area (Å²) in [6, 6.07) is 7.38. The Morgan fingerprint density at radius 1 is 1.36 bits per heavy atom. The predicted octanol–water partition coefficient (Wildman–Crippen LogP) is 2.71. The molecule has 6 nitrogen and oxygen atoms in total. The van der Waals surface area contributed by atoms with Crippen molar-refractivity contribution in [1.29, 1.82) is 0 Å². The summed E-state index contributed by atoms with van der Waals surface area (Å²) in [6.45, 7) is 6.38. The third kappa shape index (κ3) is 5.58. The SMILES string of the molecule is COc1ccc2[nH]c(=O)c(CCC(=O)NCCCN3CCC[C@H](C)C3)cc2c1. The maximum atomic E-state index is 12.2. The molecule has 3 rings (SSSR count). The molecule has 1 aromatic carbocycles. The lowest BCUT2D eigenvalue weighted by Gasteiger charge is -2.30. The number of likely N-dealkylation sites (tertiary alicyclic amines) is 1. The molecular formula is C22H31N3O3. The van der Waals surface area contributed by atoms with Crippen molar-refractivity contribution in [2.45, 2.75) is 39.0 Å². The first-order valence-electron chi connectivity index (χ1n) is 10.2. The molecule has 28 heavy (non-hydrogen) atoms. The molecule has 1 atom stereocenters. The van der Waals surface area contributed by atoms with Crippen LogP contribution in [0, 0.1) is 5.92 Å². The van der Waals surface area contributed by atoms with Crippen molar-refractivity contribution in [3.8, 4) is 5.75 Å². The van der Waals surface area contributed by atoms with Gasteiger partial charge in [-0.2, -0.15) is 0 Å². The number of aromatic amines is 1. The van der Waals surface area contributed by atoms with Gasteiger partial charge >= 0.3 is 0 Å². The van der Waals surface area contributed by atoms with Crippen molar-refractivity contribution in [2.24, 2.45) is 5.92 Å². The zero-order chi connectivity index (χ0) is 19.9. The van der Waals surface area contributed by atoms with E-state index in [0.29, 0.717) is 24.9 Å². The van der Waals surface area contributed by atoms with Gasteiger partial charge in [0.2, 0.25) is 5.91 Å². The maximum Gasteiger partial charge on any atom is 0.251 e. The fraction of sp³-hybridized carbons (Fsp3) is 0.545. The van der Waals surface area contributed by atoms with Gasteiger partial charge in [-0.25, -0.2) is 0 Å². The number of rotatable bonds is 8. The summed E-state index contributed by atoms with van der Waals surface area (Å²) in [5.41, 5.74) is 1.26. The highest BCUT2D eigenvalue weighted by atomic mass is 16.5. The molecule has 1 aliphatic heterocycles. The van der Waals surface area contributed by atoms with Crippen LogP contribution < -0.4 is 15.6 Å². The van der Waals surface area contributed by atoms with Crippen molar-refractivity contribution < 1.29 is 9.53 Å². The van der Waals surface area contributed by atoms with Gasteiger partial charge in [0.15, 0.2) is 0 Å². The van der Waals surface area contributed by atoms with Crippen LogP contribution in [-0.4, -0.2) is 49.1 Å². The van der Waals surface area contributed by atoms with E-state index in [9.17, 15) is 9.59 Å². The Labute approximate surface area is 166 Å². The lowest BCUT2D eigenvalue weighted by atomic mass is 10.0. The van der Waals surface area contributed by atoms with Crippen molar-refractivity contribution >= 4 is 16.8 Å². The lowest BCUT2D eigenvalue weighted by molar-refractivity contribution is -0.121. The number of fused-ring (bicyclic) bond motifs is 1. The molecular weight excluding hydrogens is 354 g/mol. The van der Waals surface area contributed by atoms with E-state index in [0.717, 1.165) is 35.5 Å². The molecule has 2 N–H and O–H groups in total. The molecule has 1 aromatic heterocycles. The highest BCUT2D eigenvalue weighted by molar-refractivity contribution is 5.81. The van der Waals surface area contributed by atoms with Crippen molar-refractivity contribution in [3.05, 3.63) is 40.2 Å². The van der Waals surface area contributed by atoms with E-state index < -0.39 is 0 Å². The van der Waals surface area contributed by atoms with Crippen molar-refractivity contribution in [1.82, 2.24) is 15.2 Å². The molecule has 1 saturated heterocycles. The number of hydrogen-bond acceptors (Lipinski definition) is 4. The van der Waals surface area contributed by atoms with Crippen LogP contribution >= 0.6 is 0 Å². The smallest absolute Gasteiger partial charge is 0.251 e. The molecule has 2 aromatic rings. The van der Waals surface area contributed by atoms with E-state index in [1.165, 1.54) is 25.9 Å². The van der Waals surface area contributed by atoms with Crippen LogP contribution in [0.5, 0.6) is 5.75 Å². The first kappa shape index (κ1) is 20.4. The first-order valence-corrected chi connectivity index (χ1v) is 10.2. The molecule has 0 aliphatic carbocycles. The van der Waals surface area contributed by atoms with Crippen molar-refractivity contribution in [3.63, 3.8) is 0 Å². The summed E-state index contributed by atoms with van der Waals surface area (Å²) in [7, 11) is 1.62. The summed E-state index contributed by atoms with van der Waals surface area (Å²) in [6.07, 6.45) is 4.32. The predicted molar refractivity (Wildman–Crippen MR) is 112 cm³/mol. The largest absolute Gasteiger partial charge is 0.497 e. The quantitative estimate of drug-likeness (QED) is 0.685. The van der Waals surface area contributed by atoms with E-state index in [1.54, 1.807) is 7.11 Å². The Bertz CT molecular complexity index is 862. The number of nitrogens with one attached hydrogen (secondary N) is 2. The van der Waals surface area contributed by atoms with Crippen LogP contribution in [0.25, 0.3) is 10.9 Å². The number of piperidine rings is 1. The second-order valence-corrected chi connectivity index (χ2v) is 7.83. The van der Waals surface area contributed by atoms with Gasteiger partial charge in [0.1, 0.15) is 5.75 Å². The summed E-state index contributed by atoms with van der Waals surface area (Å²) < 4.78 is 5.24. The van der Waals surface area contributed by atoms with Crippen LogP contribution in [0.1, 0.15) is 38.2 Å². The molecule has 0 unspecified atom stereocenters. The molecule has 0 radical (unpaired) electrons. The standard InChI is InChI=1S/C22H31N3O3/c1-16-5-3-11-25(15-16)12-4-10-23-21(26)9-6-17-13-18-14-19(28-2)7-8-20(18)24-22(17)27/h7-8,13-14,16H,3-6,9-12,15H2,1-2H3,(H,23,26)(H,24,27)/t16-/m0/s1. The van der Waals surface area contributed by atoms with Gasteiger partial charge in [-0.05, 0) is 69.0 Å². The number of carbonyl (C=O) groups is 1. The van der Waals surface area contributed by atoms with Gasteiger partial charge in [-0.1, -0.05) is 6.92 Å². The average molecular weight is 386 g/mol. The lowest BCUT2D eigenvalue weighted by Crippen LogP contribution is -2.36. The summed E-state index contributed by atoms with van der Waals surface area (Å²) >= 11 is 0. The Balaban J connectivity index is 1.45. The minimum absolute atomic E-state index is 0.00264. The van der Waals surface area contributed by atoms with Gasteiger partial charge < -0.3 is 19.9 Å². The van der Waals surface area contributed by atoms with Gasteiger partial charge in [0.25, 0.3) is 5.56 Å². The number of hydrogen-bond donors (Lipinski definition) is 2. The van der Waals surface area contributed by atoms with E-state index in [-0.39, 0.29) is 11.5 Å². The second-order valence-electron chi connectivity index (χ2n) is 7.83. The highest BCUT2D eigenvalue weighted by Gasteiger charge is 2.15. The zero-order valence-electron chi connectivity index (χ0n) is 16.9. The average Bonchev–Trinajstić information content (AvgIpc) is 2.69. The topological polar surface area (TPSA) is 74.4 Å². The number of amides is 1. The Morgan fingerprint density at radius 3 is 3.00 bits per heavy atom. The number of carbonyl (C=O) groups excluding carboxylic acids is 1. The molecule has 152 valence electrons. The van der Waals surface area contributed by atoms with Crippen LogP contribution in [0.4, 0.5) is 0 Å². The third-order valence-electron chi connectivity index (χ3n) is 5.46. The van der Waals surface area contributed by atoms with Crippen LogP contribution in [0.3, 0.4) is 0 Å². The molecule has 0 bridgehead atoms. The van der Waals surface area contributed by atoms with E-state index in [1.807, 2.05) is 24.3 Å². The first-order chi connectivity index (χ1) is 13.5. The number of nitrogens with zero attached hydrogens (tertiary/aromatic N) is 1. The Morgan fingerprint density at radius 2 is 2.21 bits per heavy atom. The van der Waals surface area contributed by atoms with E-state index in [4.69, 9.17) is 4.74 Å². The minimum Gasteiger partial charge on any atom is -0.497 e. The molecule has 6 heteroatoms. The molecule has 0 saturated carbocycles. The number of benzene rings is 1. The molecule has 0 spiro atoms. The number of aryl methyl sites for hydroxylation is 1. The van der Waals surface area contributed by atoms with E-state index in [2.05, 4.69) is 22.1 Å². The van der Waals surface area contributed by atoms with Gasteiger partial charge in [-0.3, -0.25) is 9.59 Å². The number of H-pyrrole nitrogens is 1.